The summed E-state index contributed by atoms with van der Waals surface area (Å²) in [6.45, 7) is 3.87. The molecule has 0 bridgehead atoms. The predicted molar refractivity (Wildman–Crippen MR) is 76.8 cm³/mol. The topological polar surface area (TPSA) is 58.9 Å². The first kappa shape index (κ1) is 12.3. The molecule has 0 unspecified atom stereocenters. The minimum atomic E-state index is 0.149. The minimum Gasteiger partial charge on any atom is -0.508 e. The van der Waals surface area contributed by atoms with Crippen LogP contribution in [0.5, 0.6) is 5.75 Å². The number of thiazole rings is 1. The quantitative estimate of drug-likeness (QED) is 0.694. The van der Waals surface area contributed by atoms with Gasteiger partial charge in [-0.2, -0.15) is 0 Å². The molecule has 0 atom stereocenters. The van der Waals surface area contributed by atoms with E-state index in [1.165, 1.54) is 0 Å². The molecule has 1 aromatic carbocycles. The number of hydrogen-bond donors (Lipinski definition) is 1. The Morgan fingerprint density at radius 2 is 1.95 bits per heavy atom. The van der Waals surface area contributed by atoms with Crippen molar-refractivity contribution in [2.75, 3.05) is 0 Å². The van der Waals surface area contributed by atoms with Crippen molar-refractivity contribution in [3.8, 4) is 16.5 Å². The number of phenolic OH excluding ortho intramolecular Hbond substituents is 1. The Hall–Kier alpha value is -1.72. The Morgan fingerprint density at radius 1 is 1.16 bits per heavy atom. The molecule has 2 aromatic heterocycles. The third-order valence-electron chi connectivity index (χ3n) is 2.74. The zero-order valence-corrected chi connectivity index (χ0v) is 11.9. The van der Waals surface area contributed by atoms with Gasteiger partial charge in [0, 0.05) is 5.39 Å². The van der Waals surface area contributed by atoms with Crippen LogP contribution in [0.15, 0.2) is 18.2 Å². The molecular weight excluding hydrogens is 282 g/mol. The van der Waals surface area contributed by atoms with Gasteiger partial charge in [-0.15, -0.1) is 11.3 Å². The van der Waals surface area contributed by atoms with Gasteiger partial charge in [-0.1, -0.05) is 11.6 Å². The molecule has 19 heavy (non-hydrogen) atoms. The molecule has 0 aliphatic carbocycles. The van der Waals surface area contributed by atoms with Crippen LogP contribution in [0.3, 0.4) is 0 Å². The van der Waals surface area contributed by atoms with Crippen molar-refractivity contribution in [2.45, 2.75) is 13.8 Å². The summed E-state index contributed by atoms with van der Waals surface area (Å²) in [6.07, 6.45) is 0. The van der Waals surface area contributed by atoms with E-state index in [-0.39, 0.29) is 5.75 Å². The molecular formula is C13H10ClN3OS. The Bertz CT molecular complexity index is 785. The summed E-state index contributed by atoms with van der Waals surface area (Å²) in [7, 11) is 0. The molecule has 0 radical (unpaired) electrons. The van der Waals surface area contributed by atoms with Gasteiger partial charge in [0.15, 0.2) is 5.82 Å². The van der Waals surface area contributed by atoms with Gasteiger partial charge in [-0.05, 0) is 32.0 Å². The first-order valence-electron chi connectivity index (χ1n) is 5.65. The summed E-state index contributed by atoms with van der Waals surface area (Å²) in [5, 5.41) is 11.4. The number of aromatic nitrogens is 3. The third kappa shape index (κ3) is 2.15. The van der Waals surface area contributed by atoms with Crippen LogP contribution in [0, 0.1) is 13.8 Å². The molecule has 3 aromatic rings. The number of halogens is 1. The van der Waals surface area contributed by atoms with Crippen LogP contribution >= 0.6 is 22.9 Å². The van der Waals surface area contributed by atoms with Crippen molar-refractivity contribution in [3.05, 3.63) is 34.1 Å². The first-order valence-corrected chi connectivity index (χ1v) is 6.84. The summed E-state index contributed by atoms with van der Waals surface area (Å²) in [4.78, 5) is 14.1. The van der Waals surface area contributed by atoms with E-state index in [1.54, 1.807) is 29.5 Å². The normalized spacial score (nSPS) is 11.1. The van der Waals surface area contributed by atoms with Crippen LogP contribution < -0.4 is 0 Å². The van der Waals surface area contributed by atoms with E-state index in [2.05, 4.69) is 15.0 Å². The van der Waals surface area contributed by atoms with Crippen molar-refractivity contribution >= 4 is 33.8 Å². The molecule has 0 fully saturated rings. The predicted octanol–water partition coefficient (Wildman–Crippen LogP) is 3.73. The third-order valence-corrected chi connectivity index (χ3v) is 4.10. The molecule has 2 heterocycles. The zero-order valence-electron chi connectivity index (χ0n) is 10.3. The number of aromatic hydroxyl groups is 1. The Morgan fingerprint density at radius 3 is 2.63 bits per heavy atom. The van der Waals surface area contributed by atoms with Gasteiger partial charge in [0.1, 0.15) is 10.9 Å². The second-order valence-corrected chi connectivity index (χ2v) is 5.75. The zero-order chi connectivity index (χ0) is 13.6. The smallest absolute Gasteiger partial charge is 0.173 e. The number of aryl methyl sites for hydroxylation is 2. The van der Waals surface area contributed by atoms with Crippen LogP contribution in [-0.2, 0) is 0 Å². The second kappa shape index (κ2) is 4.43. The molecule has 4 nitrogen and oxygen atoms in total. The fourth-order valence-corrected chi connectivity index (χ4v) is 3.00. The fourth-order valence-electron chi connectivity index (χ4n) is 1.92. The number of hydrogen-bond acceptors (Lipinski definition) is 5. The molecule has 0 aliphatic heterocycles. The first-order chi connectivity index (χ1) is 9.04. The molecule has 0 spiro atoms. The summed E-state index contributed by atoms with van der Waals surface area (Å²) in [5.74, 6) is 0.724. The molecule has 0 aliphatic rings. The fraction of sp³-hybridized carbons (Fsp3) is 0.154. The highest BCUT2D eigenvalue weighted by Crippen LogP contribution is 2.31. The summed E-state index contributed by atoms with van der Waals surface area (Å²) >= 11 is 7.71. The Labute approximate surface area is 118 Å². The molecule has 6 heteroatoms. The van der Waals surface area contributed by atoms with Crippen LogP contribution in [0.2, 0.25) is 5.15 Å². The van der Waals surface area contributed by atoms with Gasteiger partial charge in [0.25, 0.3) is 0 Å². The maximum Gasteiger partial charge on any atom is 0.173 e. The van der Waals surface area contributed by atoms with Gasteiger partial charge in [0.2, 0.25) is 0 Å². The number of rotatable bonds is 1. The maximum absolute atomic E-state index is 9.47. The standard InChI is InChI=1S/C13H10ClN3OS/c1-6-11(19-7(2)15-6)13-16-10-4-3-8(18)5-9(10)12(14)17-13/h3-5,18H,1-2H3. The van der Waals surface area contributed by atoms with Crippen molar-refractivity contribution < 1.29 is 5.11 Å². The summed E-state index contributed by atoms with van der Waals surface area (Å²) < 4.78 is 0. The van der Waals surface area contributed by atoms with E-state index >= 15 is 0 Å². The van der Waals surface area contributed by atoms with Crippen LogP contribution in [0.4, 0.5) is 0 Å². The highest BCUT2D eigenvalue weighted by molar-refractivity contribution is 7.15. The average molecular weight is 292 g/mol. The van der Waals surface area contributed by atoms with E-state index in [1.807, 2.05) is 13.8 Å². The van der Waals surface area contributed by atoms with E-state index < -0.39 is 0 Å². The molecule has 3 rings (SSSR count). The summed E-state index contributed by atoms with van der Waals surface area (Å²) in [6, 6.07) is 4.87. The minimum absolute atomic E-state index is 0.149. The molecule has 0 saturated heterocycles. The number of nitrogens with zero attached hydrogens (tertiary/aromatic N) is 3. The molecule has 1 N–H and O–H groups in total. The highest BCUT2D eigenvalue weighted by atomic mass is 35.5. The lowest BCUT2D eigenvalue weighted by Gasteiger charge is -2.03. The molecule has 0 amide bonds. The van der Waals surface area contributed by atoms with Gasteiger partial charge >= 0.3 is 0 Å². The Kier molecular flexibility index (Phi) is 2.88. The monoisotopic (exact) mass is 291 g/mol. The van der Waals surface area contributed by atoms with E-state index in [0.717, 1.165) is 15.6 Å². The van der Waals surface area contributed by atoms with Crippen molar-refractivity contribution in [2.24, 2.45) is 0 Å². The van der Waals surface area contributed by atoms with Gasteiger partial charge in [-0.25, -0.2) is 15.0 Å². The van der Waals surface area contributed by atoms with Crippen molar-refractivity contribution in [3.63, 3.8) is 0 Å². The van der Waals surface area contributed by atoms with Crippen molar-refractivity contribution in [1.29, 1.82) is 0 Å². The second-order valence-electron chi connectivity index (χ2n) is 4.19. The van der Waals surface area contributed by atoms with Gasteiger partial charge < -0.3 is 5.11 Å². The number of phenols is 1. The number of fused-ring (bicyclic) bond motifs is 1. The van der Waals surface area contributed by atoms with Gasteiger partial charge in [0.05, 0.1) is 21.1 Å². The van der Waals surface area contributed by atoms with Crippen LogP contribution in [0.1, 0.15) is 10.7 Å². The van der Waals surface area contributed by atoms with E-state index in [0.29, 0.717) is 21.9 Å². The lowest BCUT2D eigenvalue weighted by atomic mass is 10.2. The van der Waals surface area contributed by atoms with Gasteiger partial charge in [-0.3, -0.25) is 0 Å². The van der Waals surface area contributed by atoms with Crippen LogP contribution in [-0.4, -0.2) is 20.1 Å². The van der Waals surface area contributed by atoms with Crippen LogP contribution in [0.25, 0.3) is 21.6 Å². The molecule has 0 saturated carbocycles. The SMILES string of the molecule is Cc1nc(C)c(-c2nc(Cl)c3cc(O)ccc3n2)s1. The Balaban J connectivity index is 2.26. The number of benzene rings is 1. The lowest BCUT2D eigenvalue weighted by molar-refractivity contribution is 0.476. The highest BCUT2D eigenvalue weighted by Gasteiger charge is 2.13. The maximum atomic E-state index is 9.47. The van der Waals surface area contributed by atoms with Crippen molar-refractivity contribution in [1.82, 2.24) is 15.0 Å². The van der Waals surface area contributed by atoms with E-state index in [9.17, 15) is 5.11 Å². The summed E-state index contributed by atoms with van der Waals surface area (Å²) in [5.41, 5.74) is 1.61. The molecule has 96 valence electrons. The lowest BCUT2D eigenvalue weighted by Crippen LogP contribution is -1.91. The van der Waals surface area contributed by atoms with E-state index in [4.69, 9.17) is 11.6 Å². The largest absolute Gasteiger partial charge is 0.508 e. The average Bonchev–Trinajstić information content (AvgIpc) is 2.69.